The monoisotopic (exact) mass is 334 g/mol. The van der Waals surface area contributed by atoms with Crippen molar-refractivity contribution in [3.05, 3.63) is 71.6 Å². The average Bonchev–Trinajstić information content (AvgIpc) is 3.28. The van der Waals surface area contributed by atoms with Crippen molar-refractivity contribution in [3.63, 3.8) is 0 Å². The Hall–Kier alpha value is -3.15. The molecule has 0 radical (unpaired) electrons. The van der Waals surface area contributed by atoms with Gasteiger partial charge in [-0.05, 0) is 24.0 Å². The first-order valence-corrected chi connectivity index (χ1v) is 8.30. The first-order valence-electron chi connectivity index (χ1n) is 8.30. The highest BCUT2D eigenvalue weighted by Crippen LogP contribution is 2.30. The molecule has 2 amide bonds. The summed E-state index contributed by atoms with van der Waals surface area (Å²) in [6, 6.07) is 17.6. The van der Waals surface area contributed by atoms with E-state index in [0.717, 1.165) is 18.4 Å². The predicted octanol–water partition coefficient (Wildman–Crippen LogP) is 3.22. The Morgan fingerprint density at radius 1 is 1.12 bits per heavy atom. The predicted molar refractivity (Wildman–Crippen MR) is 92.6 cm³/mol. The minimum absolute atomic E-state index is 0.0544. The van der Waals surface area contributed by atoms with Crippen molar-refractivity contribution >= 4 is 6.03 Å². The van der Waals surface area contributed by atoms with Crippen molar-refractivity contribution in [2.24, 2.45) is 0 Å². The zero-order valence-corrected chi connectivity index (χ0v) is 13.6. The summed E-state index contributed by atoms with van der Waals surface area (Å²) in [6.07, 6.45) is 1.91. The van der Waals surface area contributed by atoms with E-state index in [1.807, 2.05) is 42.5 Å². The topological polar surface area (TPSA) is 80.1 Å². The van der Waals surface area contributed by atoms with E-state index in [1.54, 1.807) is 0 Å². The molecule has 6 nitrogen and oxygen atoms in total. The van der Waals surface area contributed by atoms with E-state index in [1.165, 1.54) is 11.1 Å². The fourth-order valence-corrected chi connectivity index (χ4v) is 3.10. The van der Waals surface area contributed by atoms with Crippen molar-refractivity contribution in [1.82, 2.24) is 20.8 Å². The average molecular weight is 334 g/mol. The number of hydrogen-bond donors (Lipinski definition) is 2. The van der Waals surface area contributed by atoms with Crippen LogP contribution >= 0.6 is 0 Å². The fraction of sp³-hybridized carbons (Fsp3) is 0.211. The number of nitrogens with zero attached hydrogens (tertiary/aromatic N) is 2. The third kappa shape index (κ3) is 3.38. The number of benzene rings is 2. The molecule has 2 aromatic carbocycles. The molecule has 1 atom stereocenters. The normalized spacial score (nSPS) is 15.6. The minimum atomic E-state index is -0.235. The fourth-order valence-electron chi connectivity index (χ4n) is 3.10. The van der Waals surface area contributed by atoms with Crippen molar-refractivity contribution < 1.29 is 9.32 Å². The van der Waals surface area contributed by atoms with E-state index in [-0.39, 0.29) is 18.6 Å². The van der Waals surface area contributed by atoms with Gasteiger partial charge in [-0.3, -0.25) is 0 Å². The maximum atomic E-state index is 12.1. The van der Waals surface area contributed by atoms with Gasteiger partial charge in [0.15, 0.2) is 0 Å². The van der Waals surface area contributed by atoms with E-state index < -0.39 is 0 Å². The standard InChI is InChI=1S/C19H18N4O2/c24-19(21-16-11-10-13-6-4-5-9-15(13)16)20-12-17-22-18(23-25-17)14-7-2-1-3-8-14/h1-9,16H,10-12H2,(H2,20,21,24). The zero-order chi connectivity index (χ0) is 17.1. The van der Waals surface area contributed by atoms with Crippen molar-refractivity contribution in [3.8, 4) is 11.4 Å². The second-order valence-corrected chi connectivity index (χ2v) is 5.99. The molecule has 0 bridgehead atoms. The lowest BCUT2D eigenvalue weighted by Crippen LogP contribution is -2.37. The highest BCUT2D eigenvalue weighted by Gasteiger charge is 2.23. The third-order valence-corrected chi connectivity index (χ3v) is 4.34. The van der Waals surface area contributed by atoms with Crippen LogP contribution in [0.15, 0.2) is 59.1 Å². The van der Waals surface area contributed by atoms with Gasteiger partial charge in [0.25, 0.3) is 0 Å². The molecule has 0 spiro atoms. The smallest absolute Gasteiger partial charge is 0.315 e. The molecular weight excluding hydrogens is 316 g/mol. The molecule has 3 aromatic rings. The molecule has 1 aliphatic carbocycles. The van der Waals surface area contributed by atoms with E-state index in [9.17, 15) is 4.79 Å². The lowest BCUT2D eigenvalue weighted by molar-refractivity contribution is 0.234. The van der Waals surface area contributed by atoms with Crippen LogP contribution in [-0.2, 0) is 13.0 Å². The molecule has 1 unspecified atom stereocenters. The van der Waals surface area contributed by atoms with Gasteiger partial charge in [-0.25, -0.2) is 4.79 Å². The molecule has 6 heteroatoms. The van der Waals surface area contributed by atoms with E-state index in [2.05, 4.69) is 32.9 Å². The van der Waals surface area contributed by atoms with Gasteiger partial charge in [-0.1, -0.05) is 59.8 Å². The molecule has 0 saturated carbocycles. The van der Waals surface area contributed by atoms with E-state index in [4.69, 9.17) is 4.52 Å². The van der Waals surface area contributed by atoms with Crippen LogP contribution in [0.5, 0.6) is 0 Å². The van der Waals surface area contributed by atoms with Crippen molar-refractivity contribution in [2.45, 2.75) is 25.4 Å². The Balaban J connectivity index is 1.33. The lowest BCUT2D eigenvalue weighted by atomic mass is 10.1. The number of amides is 2. The molecule has 0 saturated heterocycles. The van der Waals surface area contributed by atoms with Gasteiger partial charge in [-0.15, -0.1) is 0 Å². The molecule has 1 heterocycles. The van der Waals surface area contributed by atoms with Crippen LogP contribution in [0.4, 0.5) is 4.79 Å². The molecule has 1 aliphatic rings. The summed E-state index contributed by atoms with van der Waals surface area (Å²) >= 11 is 0. The van der Waals surface area contributed by atoms with E-state index in [0.29, 0.717) is 11.7 Å². The molecule has 0 fully saturated rings. The quantitative estimate of drug-likeness (QED) is 0.768. The Morgan fingerprint density at radius 2 is 1.92 bits per heavy atom. The largest absolute Gasteiger partial charge is 0.337 e. The molecule has 126 valence electrons. The van der Waals surface area contributed by atoms with Crippen LogP contribution < -0.4 is 10.6 Å². The summed E-state index contributed by atoms with van der Waals surface area (Å²) in [5.74, 6) is 0.892. The molecule has 1 aromatic heterocycles. The van der Waals surface area contributed by atoms with Gasteiger partial charge in [0.1, 0.15) is 0 Å². The van der Waals surface area contributed by atoms with Gasteiger partial charge >= 0.3 is 6.03 Å². The summed E-state index contributed by atoms with van der Waals surface area (Å²) in [6.45, 7) is 0.194. The van der Waals surface area contributed by atoms with Crippen LogP contribution in [0.25, 0.3) is 11.4 Å². The first-order chi connectivity index (χ1) is 12.3. The van der Waals surface area contributed by atoms with Gasteiger partial charge in [0.2, 0.25) is 11.7 Å². The molecular formula is C19H18N4O2. The third-order valence-electron chi connectivity index (χ3n) is 4.34. The van der Waals surface area contributed by atoms with Crippen molar-refractivity contribution in [1.29, 1.82) is 0 Å². The van der Waals surface area contributed by atoms with Gasteiger partial charge in [0, 0.05) is 5.56 Å². The summed E-state index contributed by atoms with van der Waals surface area (Å²) in [5.41, 5.74) is 3.38. The maximum absolute atomic E-state index is 12.1. The zero-order valence-electron chi connectivity index (χ0n) is 13.6. The summed E-state index contributed by atoms with van der Waals surface area (Å²) in [4.78, 5) is 16.4. The Morgan fingerprint density at radius 3 is 2.80 bits per heavy atom. The highest BCUT2D eigenvalue weighted by atomic mass is 16.5. The molecule has 2 N–H and O–H groups in total. The van der Waals surface area contributed by atoms with Gasteiger partial charge in [-0.2, -0.15) is 4.98 Å². The Labute approximate surface area is 145 Å². The second-order valence-electron chi connectivity index (χ2n) is 5.99. The van der Waals surface area contributed by atoms with Crippen LogP contribution in [0.1, 0.15) is 29.5 Å². The first kappa shape index (κ1) is 15.4. The Kier molecular flexibility index (Phi) is 4.16. The SMILES string of the molecule is O=C(NCc1nc(-c2ccccc2)no1)NC1CCc2ccccc21. The number of carbonyl (C=O) groups is 1. The number of aromatic nitrogens is 2. The van der Waals surface area contributed by atoms with Gasteiger partial charge in [0.05, 0.1) is 12.6 Å². The number of rotatable bonds is 4. The second kappa shape index (κ2) is 6.76. The van der Waals surface area contributed by atoms with Crippen LogP contribution in [0.2, 0.25) is 0 Å². The number of urea groups is 1. The minimum Gasteiger partial charge on any atom is -0.337 e. The summed E-state index contributed by atoms with van der Waals surface area (Å²) < 4.78 is 5.19. The van der Waals surface area contributed by atoms with Crippen LogP contribution in [0, 0.1) is 0 Å². The molecule has 0 aliphatic heterocycles. The number of aryl methyl sites for hydroxylation is 1. The summed E-state index contributed by atoms with van der Waals surface area (Å²) in [7, 11) is 0. The van der Waals surface area contributed by atoms with Crippen LogP contribution in [0.3, 0.4) is 0 Å². The number of fused-ring (bicyclic) bond motifs is 1. The number of hydrogen-bond acceptors (Lipinski definition) is 4. The van der Waals surface area contributed by atoms with E-state index >= 15 is 0 Å². The van der Waals surface area contributed by atoms with Crippen molar-refractivity contribution in [2.75, 3.05) is 0 Å². The van der Waals surface area contributed by atoms with Crippen LogP contribution in [-0.4, -0.2) is 16.2 Å². The highest BCUT2D eigenvalue weighted by molar-refractivity contribution is 5.74. The maximum Gasteiger partial charge on any atom is 0.315 e. The van der Waals surface area contributed by atoms with Gasteiger partial charge < -0.3 is 15.2 Å². The summed E-state index contributed by atoms with van der Waals surface area (Å²) in [5, 5.41) is 9.72. The number of carbonyl (C=O) groups excluding carboxylic acids is 1. The molecule has 4 rings (SSSR count). The number of nitrogens with one attached hydrogen (secondary N) is 2. The molecule has 25 heavy (non-hydrogen) atoms. The lowest BCUT2D eigenvalue weighted by Gasteiger charge is -2.14. The Bertz CT molecular complexity index is 876.